The average molecular weight is 332 g/mol. The molecule has 3 rings (SSSR count). The molecule has 24 heavy (non-hydrogen) atoms. The van der Waals surface area contributed by atoms with E-state index in [1.54, 1.807) is 0 Å². The number of hydrogen-bond acceptors (Lipinski definition) is 3. The van der Waals surface area contributed by atoms with Crippen molar-refractivity contribution in [1.29, 1.82) is 0 Å². The van der Waals surface area contributed by atoms with Crippen LogP contribution in [0.4, 0.5) is 10.5 Å². The average Bonchev–Trinajstić information content (AvgIpc) is 3.03. The van der Waals surface area contributed by atoms with Gasteiger partial charge in [-0.05, 0) is 23.5 Å². The van der Waals surface area contributed by atoms with Gasteiger partial charge in [0.25, 0.3) is 0 Å². The largest absolute Gasteiger partial charge is 0.347 e. The number of carbonyl (C=O) groups is 1. The molecule has 2 saturated heterocycles. The monoisotopic (exact) mass is 332 g/mol. The van der Waals surface area contributed by atoms with Crippen LogP contribution in [-0.4, -0.2) is 43.0 Å². The van der Waals surface area contributed by atoms with Crippen molar-refractivity contribution in [3.8, 4) is 0 Å². The highest BCUT2D eigenvalue weighted by molar-refractivity contribution is 5.91. The number of para-hydroxylation sites is 1. The Hall–Kier alpha value is -1.59. The standard InChI is InChI=1S/C19H28N2O3/c1-4-15-6-5-7-16(14(2)3)17(15)20-18(22)21-10-8-19(9-11-21)23-12-13-24-19/h5-7,14H,4,8-13H2,1-3H3,(H,20,22). The van der Waals surface area contributed by atoms with Gasteiger partial charge in [0.2, 0.25) is 0 Å². The van der Waals surface area contributed by atoms with E-state index >= 15 is 0 Å². The minimum absolute atomic E-state index is 0.0225. The lowest BCUT2D eigenvalue weighted by molar-refractivity contribution is -0.181. The number of amides is 2. The summed E-state index contributed by atoms with van der Waals surface area (Å²) < 4.78 is 11.5. The molecule has 0 bridgehead atoms. The molecule has 132 valence electrons. The molecular formula is C19H28N2O3. The molecule has 0 radical (unpaired) electrons. The highest BCUT2D eigenvalue weighted by Crippen LogP contribution is 2.32. The second kappa shape index (κ2) is 7.11. The topological polar surface area (TPSA) is 50.8 Å². The molecular weight excluding hydrogens is 304 g/mol. The van der Waals surface area contributed by atoms with Crippen LogP contribution < -0.4 is 5.32 Å². The quantitative estimate of drug-likeness (QED) is 0.917. The fourth-order valence-electron chi connectivity index (χ4n) is 3.57. The number of hydrogen-bond donors (Lipinski definition) is 1. The molecule has 0 atom stereocenters. The van der Waals surface area contributed by atoms with Crippen LogP contribution in [0.15, 0.2) is 18.2 Å². The second-order valence-corrected chi connectivity index (χ2v) is 6.91. The summed E-state index contributed by atoms with van der Waals surface area (Å²) in [7, 11) is 0. The van der Waals surface area contributed by atoms with Gasteiger partial charge in [0.05, 0.1) is 13.2 Å². The summed E-state index contributed by atoms with van der Waals surface area (Å²) in [5.41, 5.74) is 3.36. The Labute approximate surface area is 144 Å². The van der Waals surface area contributed by atoms with Crippen molar-refractivity contribution in [3.63, 3.8) is 0 Å². The van der Waals surface area contributed by atoms with Crippen molar-refractivity contribution in [2.75, 3.05) is 31.6 Å². The Balaban J connectivity index is 1.69. The highest BCUT2D eigenvalue weighted by Gasteiger charge is 2.40. The lowest BCUT2D eigenvalue weighted by Crippen LogP contribution is -2.48. The van der Waals surface area contributed by atoms with E-state index in [0.29, 0.717) is 32.2 Å². The molecule has 0 unspecified atom stereocenters. The van der Waals surface area contributed by atoms with E-state index in [2.05, 4.69) is 44.3 Å². The summed E-state index contributed by atoms with van der Waals surface area (Å²) >= 11 is 0. The number of nitrogens with one attached hydrogen (secondary N) is 1. The van der Waals surface area contributed by atoms with E-state index in [-0.39, 0.29) is 6.03 Å². The summed E-state index contributed by atoms with van der Waals surface area (Å²) in [5.74, 6) is -0.0713. The number of piperidine rings is 1. The van der Waals surface area contributed by atoms with Crippen LogP contribution in [0, 0.1) is 0 Å². The van der Waals surface area contributed by atoms with Crippen molar-refractivity contribution in [2.24, 2.45) is 0 Å². The molecule has 5 nitrogen and oxygen atoms in total. The summed E-state index contributed by atoms with van der Waals surface area (Å²) in [6.45, 7) is 9.08. The number of urea groups is 1. The van der Waals surface area contributed by atoms with Crippen LogP contribution >= 0.6 is 0 Å². The number of likely N-dealkylation sites (tertiary alicyclic amines) is 1. The molecule has 0 saturated carbocycles. The number of nitrogens with zero attached hydrogens (tertiary/aromatic N) is 1. The maximum atomic E-state index is 12.7. The normalized spacial score (nSPS) is 19.9. The number of rotatable bonds is 3. The first-order valence-electron chi connectivity index (χ1n) is 9.00. The molecule has 2 aliphatic rings. The van der Waals surface area contributed by atoms with Gasteiger partial charge in [-0.15, -0.1) is 0 Å². The Morgan fingerprint density at radius 1 is 1.25 bits per heavy atom. The van der Waals surface area contributed by atoms with E-state index in [1.165, 1.54) is 11.1 Å². The predicted molar refractivity (Wildman–Crippen MR) is 94.4 cm³/mol. The summed E-state index contributed by atoms with van der Waals surface area (Å²) in [6, 6.07) is 6.24. The van der Waals surface area contributed by atoms with Gasteiger partial charge in [-0.1, -0.05) is 39.0 Å². The minimum Gasteiger partial charge on any atom is -0.347 e. The first-order valence-corrected chi connectivity index (χ1v) is 9.00. The van der Waals surface area contributed by atoms with Gasteiger partial charge in [0.1, 0.15) is 0 Å². The molecule has 1 aromatic carbocycles. The lowest BCUT2D eigenvalue weighted by Gasteiger charge is -2.37. The predicted octanol–water partition coefficient (Wildman–Crippen LogP) is 3.74. The van der Waals surface area contributed by atoms with Crippen LogP contribution in [0.2, 0.25) is 0 Å². The van der Waals surface area contributed by atoms with Gasteiger partial charge in [-0.25, -0.2) is 4.79 Å². The smallest absolute Gasteiger partial charge is 0.321 e. The Bertz CT molecular complexity index is 584. The van der Waals surface area contributed by atoms with E-state index < -0.39 is 5.79 Å². The third-order valence-electron chi connectivity index (χ3n) is 5.04. The second-order valence-electron chi connectivity index (χ2n) is 6.91. The first kappa shape index (κ1) is 17.2. The van der Waals surface area contributed by atoms with Crippen LogP contribution in [-0.2, 0) is 15.9 Å². The van der Waals surface area contributed by atoms with Crippen LogP contribution in [0.1, 0.15) is 50.7 Å². The Morgan fingerprint density at radius 3 is 2.50 bits per heavy atom. The van der Waals surface area contributed by atoms with Crippen molar-refractivity contribution in [1.82, 2.24) is 4.90 Å². The Kier molecular flexibility index (Phi) is 5.11. The fourth-order valence-corrected chi connectivity index (χ4v) is 3.57. The molecule has 1 aromatic rings. The van der Waals surface area contributed by atoms with Crippen molar-refractivity contribution >= 4 is 11.7 Å². The molecule has 2 aliphatic heterocycles. The highest BCUT2D eigenvalue weighted by atomic mass is 16.7. The van der Waals surface area contributed by atoms with Crippen LogP contribution in [0.25, 0.3) is 0 Å². The zero-order valence-corrected chi connectivity index (χ0v) is 14.9. The van der Waals surface area contributed by atoms with Gasteiger partial charge in [0.15, 0.2) is 5.79 Å². The molecule has 2 heterocycles. The van der Waals surface area contributed by atoms with Crippen molar-refractivity contribution in [3.05, 3.63) is 29.3 Å². The third kappa shape index (κ3) is 3.42. The van der Waals surface area contributed by atoms with Crippen LogP contribution in [0.5, 0.6) is 0 Å². The SMILES string of the molecule is CCc1cccc(C(C)C)c1NC(=O)N1CCC2(CC1)OCCO2. The molecule has 0 aromatic heterocycles. The van der Waals surface area contributed by atoms with E-state index in [9.17, 15) is 4.79 Å². The van der Waals surface area contributed by atoms with Gasteiger partial charge in [0, 0.05) is 31.6 Å². The molecule has 2 amide bonds. The lowest BCUT2D eigenvalue weighted by atomic mass is 9.96. The number of aryl methyl sites for hydroxylation is 1. The zero-order valence-electron chi connectivity index (χ0n) is 14.9. The van der Waals surface area contributed by atoms with Gasteiger partial charge in [-0.3, -0.25) is 0 Å². The number of anilines is 1. The van der Waals surface area contributed by atoms with Gasteiger partial charge >= 0.3 is 6.03 Å². The van der Waals surface area contributed by atoms with Crippen molar-refractivity contribution < 1.29 is 14.3 Å². The summed E-state index contributed by atoms with van der Waals surface area (Å²) in [5, 5.41) is 3.17. The van der Waals surface area contributed by atoms with Gasteiger partial charge < -0.3 is 19.7 Å². The molecule has 1 spiro atoms. The fraction of sp³-hybridized carbons (Fsp3) is 0.632. The first-order chi connectivity index (χ1) is 11.5. The number of benzene rings is 1. The van der Waals surface area contributed by atoms with E-state index in [0.717, 1.165) is 24.9 Å². The maximum Gasteiger partial charge on any atom is 0.321 e. The van der Waals surface area contributed by atoms with E-state index in [4.69, 9.17) is 9.47 Å². The molecule has 0 aliphatic carbocycles. The summed E-state index contributed by atoms with van der Waals surface area (Å²) in [4.78, 5) is 14.6. The summed E-state index contributed by atoms with van der Waals surface area (Å²) in [6.07, 6.45) is 2.39. The molecule has 1 N–H and O–H groups in total. The van der Waals surface area contributed by atoms with Gasteiger partial charge in [-0.2, -0.15) is 0 Å². The third-order valence-corrected chi connectivity index (χ3v) is 5.04. The van der Waals surface area contributed by atoms with E-state index in [1.807, 2.05) is 4.90 Å². The molecule has 5 heteroatoms. The maximum absolute atomic E-state index is 12.7. The van der Waals surface area contributed by atoms with Crippen molar-refractivity contribution in [2.45, 2.75) is 51.7 Å². The number of ether oxygens (including phenoxy) is 2. The Morgan fingerprint density at radius 2 is 1.92 bits per heavy atom. The molecule has 2 fully saturated rings. The zero-order chi connectivity index (χ0) is 17.2. The minimum atomic E-state index is -0.443. The van der Waals surface area contributed by atoms with Crippen LogP contribution in [0.3, 0.4) is 0 Å². The number of carbonyl (C=O) groups excluding carboxylic acids is 1.